The predicted molar refractivity (Wildman–Crippen MR) is 121 cm³/mol. The highest BCUT2D eigenvalue weighted by molar-refractivity contribution is 6.31. The van der Waals surface area contributed by atoms with E-state index in [1.165, 1.54) is 4.52 Å². The Balaban J connectivity index is 2.01. The van der Waals surface area contributed by atoms with Gasteiger partial charge in [-0.3, -0.25) is 4.79 Å². The Labute approximate surface area is 184 Å². The van der Waals surface area contributed by atoms with Crippen LogP contribution in [0.4, 0.5) is 0 Å². The normalized spacial score (nSPS) is 11.8. The van der Waals surface area contributed by atoms with Crippen LogP contribution in [0.3, 0.4) is 0 Å². The molecule has 0 saturated carbocycles. The van der Waals surface area contributed by atoms with Crippen molar-refractivity contribution in [3.63, 3.8) is 0 Å². The van der Waals surface area contributed by atoms with Crippen LogP contribution in [0.15, 0.2) is 59.5 Å². The molecule has 2 aromatic carbocycles. The number of hydrogen-bond donors (Lipinski definition) is 0. The molecule has 0 aliphatic rings. The average Bonchev–Trinajstić information content (AvgIpc) is 2.70. The largest absolute Gasteiger partial charge is 0.296 e. The van der Waals surface area contributed by atoms with E-state index in [0.717, 1.165) is 22.3 Å². The molecular weight excluding hydrogens is 419 g/mol. The smallest absolute Gasteiger partial charge is 0.265 e. The molecule has 0 amide bonds. The summed E-state index contributed by atoms with van der Waals surface area (Å²) >= 11 is 12.2. The van der Waals surface area contributed by atoms with E-state index in [-0.39, 0.29) is 11.0 Å². The summed E-state index contributed by atoms with van der Waals surface area (Å²) in [5, 5.41) is 14.4. The molecule has 152 valence electrons. The number of fused-ring (bicyclic) bond motifs is 1. The van der Waals surface area contributed by atoms with Gasteiger partial charge < -0.3 is 0 Å². The number of aromatic nitrogens is 4. The van der Waals surface area contributed by atoms with Crippen LogP contribution in [0, 0.1) is 5.41 Å². The van der Waals surface area contributed by atoms with Crippen LogP contribution in [-0.4, -0.2) is 19.8 Å². The SMILES string of the molecule is CC(C)(C)Cc1nnc2c(-c3ccc(Cl)cc3)c(-c3ccc(Cl)cc3)cnn2c1=O. The first-order valence-corrected chi connectivity index (χ1v) is 10.3. The van der Waals surface area contributed by atoms with Gasteiger partial charge in [-0.2, -0.15) is 9.61 Å². The summed E-state index contributed by atoms with van der Waals surface area (Å²) in [5.41, 5.74) is 3.80. The summed E-state index contributed by atoms with van der Waals surface area (Å²) in [6.07, 6.45) is 2.20. The van der Waals surface area contributed by atoms with E-state index in [1.54, 1.807) is 18.3 Å². The minimum Gasteiger partial charge on any atom is -0.265 e. The average molecular weight is 439 g/mol. The fourth-order valence-electron chi connectivity index (χ4n) is 3.34. The summed E-state index contributed by atoms with van der Waals surface area (Å²) in [6, 6.07) is 14.9. The van der Waals surface area contributed by atoms with Crippen molar-refractivity contribution in [3.05, 3.63) is 80.8 Å². The van der Waals surface area contributed by atoms with Gasteiger partial charge in [0.2, 0.25) is 0 Å². The highest BCUT2D eigenvalue weighted by atomic mass is 35.5. The predicted octanol–water partition coefficient (Wildman–Crippen LogP) is 5.71. The zero-order chi connectivity index (χ0) is 21.5. The Kier molecular flexibility index (Phi) is 5.35. The molecule has 0 aliphatic carbocycles. The summed E-state index contributed by atoms with van der Waals surface area (Å²) < 4.78 is 1.33. The lowest BCUT2D eigenvalue weighted by Gasteiger charge is -2.17. The number of benzene rings is 2. The van der Waals surface area contributed by atoms with Gasteiger partial charge in [-0.1, -0.05) is 68.2 Å². The molecule has 30 heavy (non-hydrogen) atoms. The Morgan fingerprint density at radius 1 is 0.867 bits per heavy atom. The second-order valence-electron chi connectivity index (χ2n) is 8.37. The van der Waals surface area contributed by atoms with E-state index in [4.69, 9.17) is 23.2 Å². The van der Waals surface area contributed by atoms with Gasteiger partial charge in [-0.25, -0.2) is 0 Å². The van der Waals surface area contributed by atoms with Gasteiger partial charge in [0, 0.05) is 27.6 Å². The molecule has 0 N–H and O–H groups in total. The first-order chi connectivity index (χ1) is 14.2. The van der Waals surface area contributed by atoms with Crippen molar-refractivity contribution in [1.82, 2.24) is 19.8 Å². The van der Waals surface area contributed by atoms with E-state index in [9.17, 15) is 4.79 Å². The van der Waals surface area contributed by atoms with Crippen molar-refractivity contribution in [2.45, 2.75) is 27.2 Å². The third-order valence-electron chi connectivity index (χ3n) is 4.69. The summed E-state index contributed by atoms with van der Waals surface area (Å²) in [5.74, 6) is 0. The van der Waals surface area contributed by atoms with Crippen LogP contribution >= 0.6 is 23.2 Å². The zero-order valence-corrected chi connectivity index (χ0v) is 18.4. The molecule has 0 radical (unpaired) electrons. The molecule has 7 heteroatoms. The highest BCUT2D eigenvalue weighted by Gasteiger charge is 2.20. The van der Waals surface area contributed by atoms with Crippen LogP contribution in [0.25, 0.3) is 27.9 Å². The summed E-state index contributed by atoms with van der Waals surface area (Å²) in [6.45, 7) is 6.16. The zero-order valence-electron chi connectivity index (χ0n) is 16.9. The molecule has 4 aromatic rings. The number of hydrogen-bond acceptors (Lipinski definition) is 4. The van der Waals surface area contributed by atoms with Crippen molar-refractivity contribution in [2.24, 2.45) is 5.41 Å². The van der Waals surface area contributed by atoms with Gasteiger partial charge in [0.15, 0.2) is 5.65 Å². The van der Waals surface area contributed by atoms with Gasteiger partial charge in [0.25, 0.3) is 5.56 Å². The van der Waals surface area contributed by atoms with Crippen molar-refractivity contribution in [3.8, 4) is 22.3 Å². The third kappa shape index (κ3) is 4.09. The Morgan fingerprint density at radius 3 is 2.00 bits per heavy atom. The molecule has 2 aromatic heterocycles. The minimum absolute atomic E-state index is 0.0929. The fourth-order valence-corrected chi connectivity index (χ4v) is 3.59. The topological polar surface area (TPSA) is 60.1 Å². The van der Waals surface area contributed by atoms with E-state index in [2.05, 4.69) is 36.1 Å². The Morgan fingerprint density at radius 2 is 1.43 bits per heavy atom. The molecule has 0 saturated heterocycles. The van der Waals surface area contributed by atoms with Crippen molar-refractivity contribution < 1.29 is 0 Å². The monoisotopic (exact) mass is 438 g/mol. The molecule has 4 rings (SSSR count). The lowest BCUT2D eigenvalue weighted by atomic mass is 9.91. The molecule has 0 bridgehead atoms. The van der Waals surface area contributed by atoms with E-state index in [1.807, 2.05) is 36.4 Å². The lowest BCUT2D eigenvalue weighted by molar-refractivity contribution is 0.401. The number of halogens is 2. The van der Waals surface area contributed by atoms with Crippen LogP contribution in [-0.2, 0) is 6.42 Å². The number of rotatable bonds is 3. The molecule has 5 nitrogen and oxygen atoms in total. The first kappa shape index (κ1) is 20.5. The maximum atomic E-state index is 13.1. The second kappa shape index (κ2) is 7.82. The summed E-state index contributed by atoms with van der Waals surface area (Å²) in [7, 11) is 0. The van der Waals surface area contributed by atoms with Crippen LogP contribution in [0.2, 0.25) is 10.0 Å². The Bertz CT molecular complexity index is 1270. The maximum Gasteiger partial charge on any atom is 0.296 e. The molecule has 0 spiro atoms. The third-order valence-corrected chi connectivity index (χ3v) is 5.19. The highest BCUT2D eigenvalue weighted by Crippen LogP contribution is 2.34. The number of nitrogens with zero attached hydrogens (tertiary/aromatic N) is 4. The second-order valence-corrected chi connectivity index (χ2v) is 9.24. The lowest BCUT2D eigenvalue weighted by Crippen LogP contribution is -2.27. The standard InChI is InChI=1S/C23H20Cl2N4O/c1-23(2,3)12-19-22(30)29-21(28-27-19)20(15-6-10-17(25)11-7-15)18(13-26-29)14-4-8-16(24)9-5-14/h4-11,13H,12H2,1-3H3. The van der Waals surface area contributed by atoms with Gasteiger partial charge in [-0.05, 0) is 40.8 Å². The van der Waals surface area contributed by atoms with Crippen molar-refractivity contribution in [2.75, 3.05) is 0 Å². The first-order valence-electron chi connectivity index (χ1n) is 9.52. The van der Waals surface area contributed by atoms with E-state index < -0.39 is 0 Å². The van der Waals surface area contributed by atoms with Gasteiger partial charge in [0.05, 0.1) is 6.20 Å². The molecular formula is C23H20Cl2N4O. The van der Waals surface area contributed by atoms with Crippen LogP contribution in [0.5, 0.6) is 0 Å². The molecule has 0 unspecified atom stereocenters. The molecule has 0 aliphatic heterocycles. The van der Waals surface area contributed by atoms with E-state index in [0.29, 0.717) is 27.8 Å². The minimum atomic E-state index is -0.257. The maximum absolute atomic E-state index is 13.1. The molecule has 0 fully saturated rings. The quantitative estimate of drug-likeness (QED) is 0.410. The summed E-state index contributed by atoms with van der Waals surface area (Å²) in [4.78, 5) is 13.1. The van der Waals surface area contributed by atoms with E-state index >= 15 is 0 Å². The van der Waals surface area contributed by atoms with Crippen molar-refractivity contribution >= 4 is 28.8 Å². The van der Waals surface area contributed by atoms with Gasteiger partial charge >= 0.3 is 0 Å². The van der Waals surface area contributed by atoms with Crippen LogP contribution < -0.4 is 5.56 Å². The molecule has 0 atom stereocenters. The fraction of sp³-hybridized carbons (Fsp3) is 0.217. The van der Waals surface area contributed by atoms with Crippen LogP contribution in [0.1, 0.15) is 26.5 Å². The van der Waals surface area contributed by atoms with Gasteiger partial charge in [0.1, 0.15) is 5.69 Å². The molecule has 2 heterocycles. The van der Waals surface area contributed by atoms with Gasteiger partial charge in [-0.15, -0.1) is 10.2 Å². The van der Waals surface area contributed by atoms with Crippen molar-refractivity contribution in [1.29, 1.82) is 0 Å². The Hall–Kier alpha value is -2.76.